The molecular weight excluding hydrogens is 617 g/mol. The third-order valence-electron chi connectivity index (χ3n) is 9.06. The second kappa shape index (κ2) is 11.3. The normalized spacial score (nSPS) is 11.1. The van der Waals surface area contributed by atoms with Gasteiger partial charge in [-0.3, -0.25) is 4.57 Å². The number of hydrogen-bond acceptors (Lipinski definition) is 6. The van der Waals surface area contributed by atoms with Crippen molar-refractivity contribution in [3.63, 3.8) is 0 Å². The molecule has 9 rings (SSSR count). The van der Waals surface area contributed by atoms with Crippen LogP contribution < -0.4 is 0 Å². The van der Waals surface area contributed by atoms with Crippen molar-refractivity contribution in [1.29, 1.82) is 15.8 Å². The molecule has 0 aliphatic heterocycles. The van der Waals surface area contributed by atoms with E-state index in [1.165, 1.54) is 12.1 Å². The van der Waals surface area contributed by atoms with Gasteiger partial charge in [-0.1, -0.05) is 109 Å². The van der Waals surface area contributed by atoms with Crippen molar-refractivity contribution in [2.75, 3.05) is 0 Å². The average molecular weight is 639 g/mol. The van der Waals surface area contributed by atoms with Crippen LogP contribution in [0.1, 0.15) is 16.7 Å². The van der Waals surface area contributed by atoms with Gasteiger partial charge in [-0.05, 0) is 24.3 Å². The Labute approximate surface area is 285 Å². The topological polar surface area (TPSA) is 120 Å². The summed E-state index contributed by atoms with van der Waals surface area (Å²) in [5.41, 5.74) is 6.09. The van der Waals surface area contributed by atoms with Crippen molar-refractivity contribution >= 4 is 43.6 Å². The molecule has 230 valence electrons. The maximum atomic E-state index is 10.4. The fraction of sp³-hybridized carbons (Fsp3) is 0. The third-order valence-corrected chi connectivity index (χ3v) is 9.06. The van der Waals surface area contributed by atoms with Gasteiger partial charge in [0.2, 0.25) is 5.95 Å². The largest absolute Gasteiger partial charge is 0.305 e. The lowest BCUT2D eigenvalue weighted by atomic mass is 10.0. The Morgan fingerprint density at radius 1 is 0.440 bits per heavy atom. The zero-order valence-electron chi connectivity index (χ0n) is 26.3. The second-order valence-corrected chi connectivity index (χ2v) is 11.8. The number of aromatic nitrogens is 5. The summed E-state index contributed by atoms with van der Waals surface area (Å²) < 4.78 is 4.04. The minimum absolute atomic E-state index is 0.223. The number of benzene rings is 6. The lowest BCUT2D eigenvalue weighted by molar-refractivity contribution is 0.953. The highest BCUT2D eigenvalue weighted by molar-refractivity contribution is 6.23. The van der Waals surface area contributed by atoms with E-state index in [0.29, 0.717) is 23.3 Å². The van der Waals surface area contributed by atoms with Gasteiger partial charge >= 0.3 is 0 Å². The predicted octanol–water partition coefficient (Wildman–Crippen LogP) is 9.01. The summed E-state index contributed by atoms with van der Waals surface area (Å²) in [5.74, 6) is 1.48. The summed E-state index contributed by atoms with van der Waals surface area (Å²) >= 11 is 0. The van der Waals surface area contributed by atoms with Crippen LogP contribution in [-0.2, 0) is 0 Å². The molecule has 3 heterocycles. The molecule has 0 saturated heterocycles. The molecule has 3 aromatic heterocycles. The Morgan fingerprint density at radius 2 is 0.900 bits per heavy atom. The molecule has 8 heteroatoms. The number of nitrogens with zero attached hydrogens (tertiary/aromatic N) is 8. The zero-order chi connectivity index (χ0) is 33.8. The number of hydrogen-bond donors (Lipinski definition) is 0. The smallest absolute Gasteiger partial charge is 0.238 e. The summed E-state index contributed by atoms with van der Waals surface area (Å²) in [5, 5.41) is 34.4. The third kappa shape index (κ3) is 4.26. The molecule has 50 heavy (non-hydrogen) atoms. The number of nitriles is 3. The minimum atomic E-state index is 0.223. The Hall–Kier alpha value is -7.60. The van der Waals surface area contributed by atoms with E-state index in [2.05, 4.69) is 41.0 Å². The van der Waals surface area contributed by atoms with E-state index in [0.717, 1.165) is 54.7 Å². The first kappa shape index (κ1) is 28.6. The molecule has 0 amide bonds. The van der Waals surface area contributed by atoms with Gasteiger partial charge in [0.05, 0.1) is 50.5 Å². The van der Waals surface area contributed by atoms with E-state index >= 15 is 0 Å². The molecule has 0 radical (unpaired) electrons. The van der Waals surface area contributed by atoms with Gasteiger partial charge in [0.15, 0.2) is 11.6 Å². The molecule has 0 aliphatic carbocycles. The van der Waals surface area contributed by atoms with Crippen molar-refractivity contribution in [2.45, 2.75) is 0 Å². The average Bonchev–Trinajstić information content (AvgIpc) is 3.71. The first-order valence-corrected chi connectivity index (χ1v) is 15.9. The fourth-order valence-electron chi connectivity index (χ4n) is 6.95. The van der Waals surface area contributed by atoms with Crippen molar-refractivity contribution in [3.05, 3.63) is 150 Å². The van der Waals surface area contributed by atoms with E-state index in [4.69, 9.17) is 15.0 Å². The van der Waals surface area contributed by atoms with Gasteiger partial charge < -0.3 is 4.57 Å². The summed E-state index contributed by atoms with van der Waals surface area (Å²) in [7, 11) is 0. The van der Waals surface area contributed by atoms with E-state index in [9.17, 15) is 15.8 Å². The first-order chi connectivity index (χ1) is 24.7. The Morgan fingerprint density at radius 3 is 1.40 bits per heavy atom. The maximum absolute atomic E-state index is 10.4. The van der Waals surface area contributed by atoms with E-state index < -0.39 is 0 Å². The van der Waals surface area contributed by atoms with Crippen LogP contribution in [0.15, 0.2) is 133 Å². The van der Waals surface area contributed by atoms with Crippen molar-refractivity contribution in [3.8, 4) is 52.6 Å². The van der Waals surface area contributed by atoms with Crippen LogP contribution in [0.2, 0.25) is 0 Å². The first-order valence-electron chi connectivity index (χ1n) is 15.9. The van der Waals surface area contributed by atoms with Crippen LogP contribution in [0.4, 0.5) is 0 Å². The summed E-state index contributed by atoms with van der Waals surface area (Å²) in [4.78, 5) is 15.2. The number of fused-ring (bicyclic) bond motifs is 7. The Balaban J connectivity index is 1.50. The quantitative estimate of drug-likeness (QED) is 0.190. The minimum Gasteiger partial charge on any atom is -0.305 e. The Kier molecular flexibility index (Phi) is 6.45. The van der Waals surface area contributed by atoms with Gasteiger partial charge in [0.25, 0.3) is 0 Å². The lowest BCUT2D eigenvalue weighted by Gasteiger charge is -2.15. The highest BCUT2D eigenvalue weighted by atomic mass is 15.2. The molecule has 9 aromatic rings. The number of para-hydroxylation sites is 2. The highest BCUT2D eigenvalue weighted by Crippen LogP contribution is 2.42. The monoisotopic (exact) mass is 638 g/mol. The van der Waals surface area contributed by atoms with Crippen LogP contribution in [-0.4, -0.2) is 24.1 Å². The van der Waals surface area contributed by atoms with Gasteiger partial charge in [-0.2, -0.15) is 25.8 Å². The summed E-state index contributed by atoms with van der Waals surface area (Å²) in [6.07, 6.45) is 0. The molecule has 0 atom stereocenters. The van der Waals surface area contributed by atoms with E-state index in [1.54, 1.807) is 0 Å². The molecule has 8 nitrogen and oxygen atoms in total. The molecular formula is C42H22N8. The van der Waals surface area contributed by atoms with Gasteiger partial charge in [-0.25, -0.2) is 4.98 Å². The van der Waals surface area contributed by atoms with Crippen molar-refractivity contribution < 1.29 is 0 Å². The second-order valence-electron chi connectivity index (χ2n) is 11.8. The highest BCUT2D eigenvalue weighted by Gasteiger charge is 2.25. The van der Waals surface area contributed by atoms with Crippen molar-refractivity contribution in [2.24, 2.45) is 0 Å². The zero-order valence-corrected chi connectivity index (χ0v) is 26.3. The van der Waals surface area contributed by atoms with Crippen LogP contribution >= 0.6 is 0 Å². The van der Waals surface area contributed by atoms with Crippen LogP contribution in [0.3, 0.4) is 0 Å². The van der Waals surface area contributed by atoms with Gasteiger partial charge in [-0.15, -0.1) is 0 Å². The van der Waals surface area contributed by atoms with Crippen molar-refractivity contribution in [1.82, 2.24) is 24.1 Å². The SMILES string of the molecule is N#Cc1cc(C#N)c(-n2c3ccccc3c3ccc4c5ccccc5n(-c5nc(-c6ccccc6)nc(-c6ccccc6)n5)c4c32)c(C#N)c1. The Bertz CT molecular complexity index is 2860. The molecule has 0 N–H and O–H groups in total. The number of rotatable bonds is 4. The summed E-state index contributed by atoms with van der Waals surface area (Å²) in [6, 6.07) is 49.7. The van der Waals surface area contributed by atoms with Gasteiger partial charge in [0.1, 0.15) is 12.1 Å². The van der Waals surface area contributed by atoms with Crippen LogP contribution in [0.5, 0.6) is 0 Å². The molecule has 0 unspecified atom stereocenters. The molecule has 6 aromatic carbocycles. The van der Waals surface area contributed by atoms with E-state index in [-0.39, 0.29) is 16.7 Å². The molecule has 0 aliphatic rings. The molecule has 0 fully saturated rings. The van der Waals surface area contributed by atoms with Crippen LogP contribution in [0.25, 0.3) is 78.0 Å². The fourth-order valence-corrected chi connectivity index (χ4v) is 6.95. The molecule has 0 bridgehead atoms. The van der Waals surface area contributed by atoms with Crippen LogP contribution in [0, 0.1) is 34.0 Å². The standard InChI is InChI=1S/C42H22N8/c43-23-26-21-29(24-44)37(30(22-26)25-45)49-35-17-9-7-15-31(35)33-19-20-34-32-16-8-10-18-36(32)50(39(34)38(33)49)42-47-40(27-11-3-1-4-12-27)46-41(48-42)28-13-5-2-6-14-28/h1-22H. The predicted molar refractivity (Wildman–Crippen MR) is 194 cm³/mol. The molecule has 0 saturated carbocycles. The summed E-state index contributed by atoms with van der Waals surface area (Å²) in [6.45, 7) is 0. The molecule has 0 spiro atoms. The van der Waals surface area contributed by atoms with Gasteiger partial charge in [0, 0.05) is 32.7 Å². The van der Waals surface area contributed by atoms with E-state index in [1.807, 2.05) is 108 Å². The lowest BCUT2D eigenvalue weighted by Crippen LogP contribution is -2.08. The maximum Gasteiger partial charge on any atom is 0.238 e.